The van der Waals surface area contributed by atoms with E-state index in [2.05, 4.69) is 11.8 Å². The second-order valence-corrected chi connectivity index (χ2v) is 3.07. The highest BCUT2D eigenvalue weighted by atomic mass is 19.3. The molecule has 0 heterocycles. The molecular weight excluding hydrogens is 212 g/mol. The number of rotatable bonds is 4. The zero-order valence-corrected chi connectivity index (χ0v) is 8.75. The summed E-state index contributed by atoms with van der Waals surface area (Å²) in [6, 6.07) is 7.25. The van der Waals surface area contributed by atoms with Gasteiger partial charge in [0, 0.05) is 5.56 Å². The normalized spacial score (nSPS) is 10.0. The summed E-state index contributed by atoms with van der Waals surface area (Å²) < 4.78 is 28.6. The highest BCUT2D eigenvalue weighted by Crippen LogP contribution is 2.09. The van der Waals surface area contributed by atoms with Crippen LogP contribution in [-0.2, 0) is 11.3 Å². The van der Waals surface area contributed by atoms with E-state index in [-0.39, 0.29) is 13.2 Å². The van der Waals surface area contributed by atoms with Crippen molar-refractivity contribution in [3.05, 3.63) is 35.4 Å². The minimum Gasteiger partial charge on any atom is -0.371 e. The van der Waals surface area contributed by atoms with Gasteiger partial charge in [-0.1, -0.05) is 30.0 Å². The molecule has 2 nitrogen and oxygen atoms in total. The molecule has 0 saturated carbocycles. The molecule has 16 heavy (non-hydrogen) atoms. The lowest BCUT2D eigenvalue weighted by Crippen LogP contribution is -2.05. The summed E-state index contributed by atoms with van der Waals surface area (Å²) in [4.78, 5) is 0. The molecule has 0 aliphatic rings. The van der Waals surface area contributed by atoms with E-state index in [1.165, 1.54) is 0 Å². The zero-order valence-electron chi connectivity index (χ0n) is 8.75. The molecule has 0 fully saturated rings. The Morgan fingerprint density at radius 1 is 1.31 bits per heavy atom. The third kappa shape index (κ3) is 4.39. The summed E-state index contributed by atoms with van der Waals surface area (Å²) in [5.41, 5.74) is 6.82. The van der Waals surface area contributed by atoms with Gasteiger partial charge in [-0.15, -0.1) is 0 Å². The Balaban J connectivity index is 2.64. The lowest BCUT2D eigenvalue weighted by molar-refractivity contribution is 0.00982. The second kappa shape index (κ2) is 6.94. The molecule has 1 aromatic carbocycles. The molecule has 0 atom stereocenters. The van der Waals surface area contributed by atoms with Gasteiger partial charge >= 0.3 is 0 Å². The molecule has 2 N–H and O–H groups in total. The summed E-state index contributed by atoms with van der Waals surface area (Å²) in [6.45, 7) is -0.148. The molecule has 1 aromatic rings. The minimum absolute atomic E-state index is 0.139. The van der Waals surface area contributed by atoms with E-state index in [9.17, 15) is 8.78 Å². The molecule has 1 rings (SSSR count). The van der Waals surface area contributed by atoms with E-state index in [1.54, 1.807) is 6.07 Å². The van der Waals surface area contributed by atoms with E-state index < -0.39 is 13.0 Å². The first-order chi connectivity index (χ1) is 7.74. The fraction of sp³-hybridized carbons (Fsp3) is 0.333. The summed E-state index contributed by atoms with van der Waals surface area (Å²) in [5.74, 6) is 5.59. The van der Waals surface area contributed by atoms with Crippen LogP contribution in [0.3, 0.4) is 0 Å². The number of halogens is 2. The van der Waals surface area contributed by atoms with Crippen LogP contribution >= 0.6 is 0 Å². The Morgan fingerprint density at radius 2 is 2.06 bits per heavy atom. The largest absolute Gasteiger partial charge is 0.371 e. The van der Waals surface area contributed by atoms with E-state index in [0.29, 0.717) is 0 Å². The lowest BCUT2D eigenvalue weighted by Gasteiger charge is -2.05. The van der Waals surface area contributed by atoms with Crippen molar-refractivity contribution >= 4 is 0 Å². The van der Waals surface area contributed by atoms with Gasteiger partial charge in [-0.3, -0.25) is 0 Å². The second-order valence-electron chi connectivity index (χ2n) is 3.07. The third-order valence-corrected chi connectivity index (χ3v) is 1.84. The number of hydrogen-bond donors (Lipinski definition) is 1. The van der Waals surface area contributed by atoms with Crippen LogP contribution in [-0.4, -0.2) is 19.6 Å². The average Bonchev–Trinajstić information content (AvgIpc) is 2.27. The first kappa shape index (κ1) is 12.6. The fourth-order valence-corrected chi connectivity index (χ4v) is 1.17. The van der Waals surface area contributed by atoms with Gasteiger partial charge in [0.2, 0.25) is 0 Å². The molecule has 0 radical (unpaired) electrons. The van der Waals surface area contributed by atoms with Crippen molar-refractivity contribution in [2.75, 3.05) is 13.2 Å². The molecule has 0 spiro atoms. The zero-order chi connectivity index (χ0) is 11.8. The molecule has 86 valence electrons. The van der Waals surface area contributed by atoms with E-state index in [1.807, 2.05) is 18.2 Å². The third-order valence-electron chi connectivity index (χ3n) is 1.84. The Kier molecular flexibility index (Phi) is 5.48. The van der Waals surface area contributed by atoms with Crippen molar-refractivity contribution in [1.82, 2.24) is 0 Å². The molecular formula is C12H13F2NO. The number of hydrogen-bond acceptors (Lipinski definition) is 2. The Bertz CT molecular complexity index is 382. The molecule has 0 unspecified atom stereocenters. The van der Waals surface area contributed by atoms with Gasteiger partial charge in [0.15, 0.2) is 0 Å². The monoisotopic (exact) mass is 225 g/mol. The lowest BCUT2D eigenvalue weighted by atomic mass is 10.1. The Labute approximate surface area is 93.4 Å². The first-order valence-electron chi connectivity index (χ1n) is 4.86. The van der Waals surface area contributed by atoms with Gasteiger partial charge < -0.3 is 10.5 Å². The molecule has 0 aromatic heterocycles. The quantitative estimate of drug-likeness (QED) is 0.793. The van der Waals surface area contributed by atoms with E-state index in [4.69, 9.17) is 10.5 Å². The van der Waals surface area contributed by atoms with Crippen molar-refractivity contribution < 1.29 is 13.5 Å². The van der Waals surface area contributed by atoms with Crippen molar-refractivity contribution in [1.29, 1.82) is 0 Å². The predicted molar refractivity (Wildman–Crippen MR) is 58.0 cm³/mol. The van der Waals surface area contributed by atoms with Crippen molar-refractivity contribution in [2.24, 2.45) is 5.73 Å². The number of ether oxygens (including phenoxy) is 1. The Morgan fingerprint density at radius 3 is 2.75 bits per heavy atom. The minimum atomic E-state index is -2.44. The number of benzene rings is 1. The van der Waals surface area contributed by atoms with E-state index >= 15 is 0 Å². The van der Waals surface area contributed by atoms with Crippen LogP contribution in [0.1, 0.15) is 11.1 Å². The van der Waals surface area contributed by atoms with Gasteiger partial charge in [-0.05, 0) is 11.6 Å². The highest BCUT2D eigenvalue weighted by molar-refractivity contribution is 5.41. The van der Waals surface area contributed by atoms with Gasteiger partial charge in [-0.2, -0.15) is 0 Å². The molecule has 0 amide bonds. The average molecular weight is 225 g/mol. The van der Waals surface area contributed by atoms with Gasteiger partial charge in [-0.25, -0.2) is 8.78 Å². The van der Waals surface area contributed by atoms with Crippen molar-refractivity contribution in [3.8, 4) is 11.8 Å². The summed E-state index contributed by atoms with van der Waals surface area (Å²) in [5, 5.41) is 0. The molecule has 0 bridgehead atoms. The first-order valence-corrected chi connectivity index (χ1v) is 4.86. The van der Waals surface area contributed by atoms with Crippen LogP contribution in [0, 0.1) is 11.8 Å². The van der Waals surface area contributed by atoms with Crippen LogP contribution in [0.25, 0.3) is 0 Å². The Hall–Kier alpha value is -1.44. The van der Waals surface area contributed by atoms with Crippen LogP contribution in [0.15, 0.2) is 24.3 Å². The maximum absolute atomic E-state index is 11.9. The molecule has 0 aliphatic heterocycles. The fourth-order valence-electron chi connectivity index (χ4n) is 1.17. The van der Waals surface area contributed by atoms with Crippen LogP contribution < -0.4 is 5.73 Å². The van der Waals surface area contributed by atoms with Crippen LogP contribution in [0.5, 0.6) is 0 Å². The van der Waals surface area contributed by atoms with Crippen LogP contribution in [0.2, 0.25) is 0 Å². The van der Waals surface area contributed by atoms with Gasteiger partial charge in [0.1, 0.15) is 6.61 Å². The maximum atomic E-state index is 11.9. The van der Waals surface area contributed by atoms with Gasteiger partial charge in [0.05, 0.1) is 13.2 Å². The maximum Gasteiger partial charge on any atom is 0.261 e. The van der Waals surface area contributed by atoms with Crippen molar-refractivity contribution in [2.45, 2.75) is 13.0 Å². The van der Waals surface area contributed by atoms with E-state index in [0.717, 1.165) is 11.1 Å². The van der Waals surface area contributed by atoms with Crippen molar-refractivity contribution in [3.63, 3.8) is 0 Å². The molecule has 0 aliphatic carbocycles. The molecule has 4 heteroatoms. The van der Waals surface area contributed by atoms with Crippen LogP contribution in [0.4, 0.5) is 8.78 Å². The SMILES string of the molecule is NCC#Cc1ccccc1COCC(F)F. The summed E-state index contributed by atoms with van der Waals surface area (Å²) in [6.07, 6.45) is -2.44. The smallest absolute Gasteiger partial charge is 0.261 e. The topological polar surface area (TPSA) is 35.2 Å². The number of alkyl halides is 2. The standard InChI is InChI=1S/C12H13F2NO/c13-12(14)9-16-8-11-5-2-1-4-10(11)6-3-7-15/h1-2,4-5,12H,7-9,15H2. The van der Waals surface area contributed by atoms with Gasteiger partial charge in [0.25, 0.3) is 6.43 Å². The summed E-state index contributed by atoms with van der Waals surface area (Å²) in [7, 11) is 0. The summed E-state index contributed by atoms with van der Waals surface area (Å²) >= 11 is 0. The molecule has 0 saturated heterocycles. The highest BCUT2D eigenvalue weighted by Gasteiger charge is 2.04. The predicted octanol–water partition coefficient (Wildman–Crippen LogP) is 1.78. The number of nitrogens with two attached hydrogens (primary N) is 1.